The van der Waals surface area contributed by atoms with Gasteiger partial charge >= 0.3 is 0 Å². The van der Waals surface area contributed by atoms with Crippen LogP contribution < -0.4 is 5.32 Å². The van der Waals surface area contributed by atoms with Crippen molar-refractivity contribution in [3.63, 3.8) is 0 Å². The molecule has 9 heteroatoms. The molecule has 1 N–H and O–H groups in total. The van der Waals surface area contributed by atoms with Crippen LogP contribution in [0.3, 0.4) is 0 Å². The van der Waals surface area contributed by atoms with E-state index in [-0.39, 0.29) is 12.3 Å². The predicted molar refractivity (Wildman–Crippen MR) is 115 cm³/mol. The quantitative estimate of drug-likeness (QED) is 0.365. The molecular formula is C19H15BrN4O2S2. The maximum Gasteiger partial charge on any atom is 0.227 e. The maximum atomic E-state index is 12.1. The summed E-state index contributed by atoms with van der Waals surface area (Å²) in [6, 6.07) is 15.5. The van der Waals surface area contributed by atoms with Gasteiger partial charge in [0.25, 0.3) is 0 Å². The number of thiazole rings is 1. The van der Waals surface area contributed by atoms with Gasteiger partial charge in [-0.05, 0) is 30.3 Å². The highest BCUT2D eigenvalue weighted by Gasteiger charge is 2.11. The van der Waals surface area contributed by atoms with Crippen molar-refractivity contribution in [3.05, 3.63) is 64.7 Å². The molecule has 142 valence electrons. The molecule has 0 spiro atoms. The second-order valence-corrected chi connectivity index (χ2v) is 9.07. The van der Waals surface area contributed by atoms with Crippen molar-refractivity contribution in [3.8, 4) is 0 Å². The van der Waals surface area contributed by atoms with E-state index in [1.165, 1.54) is 0 Å². The minimum Gasteiger partial charge on any atom is -0.339 e. The number of aryl methyl sites for hydroxylation is 1. The van der Waals surface area contributed by atoms with E-state index in [2.05, 4.69) is 42.4 Å². The Kier molecular flexibility index (Phi) is 6.04. The topological polar surface area (TPSA) is 80.9 Å². The molecule has 1 amide bonds. The lowest BCUT2D eigenvalue weighted by Crippen LogP contribution is -2.12. The molecule has 0 fully saturated rings. The van der Waals surface area contributed by atoms with E-state index in [9.17, 15) is 4.79 Å². The maximum absolute atomic E-state index is 12.1. The molecule has 0 aliphatic heterocycles. The summed E-state index contributed by atoms with van der Waals surface area (Å²) < 4.78 is 8.30. The number of carbonyl (C=O) groups excluding carboxylic acids is 1. The monoisotopic (exact) mass is 474 g/mol. The zero-order valence-electron chi connectivity index (χ0n) is 14.6. The first-order valence-corrected chi connectivity index (χ1v) is 11.1. The Morgan fingerprint density at radius 1 is 1.18 bits per heavy atom. The number of carbonyl (C=O) groups is 1. The summed E-state index contributed by atoms with van der Waals surface area (Å²) in [7, 11) is 0. The first-order valence-electron chi connectivity index (χ1n) is 8.51. The smallest absolute Gasteiger partial charge is 0.227 e. The van der Waals surface area contributed by atoms with Crippen molar-refractivity contribution < 1.29 is 9.32 Å². The molecule has 0 radical (unpaired) electrons. The van der Waals surface area contributed by atoms with Gasteiger partial charge in [-0.15, -0.1) is 11.3 Å². The van der Waals surface area contributed by atoms with Crippen LogP contribution in [-0.4, -0.2) is 21.0 Å². The summed E-state index contributed by atoms with van der Waals surface area (Å²) in [5.74, 6) is 1.55. The number of hydrogen-bond acceptors (Lipinski definition) is 7. The highest BCUT2D eigenvalue weighted by atomic mass is 79.9. The van der Waals surface area contributed by atoms with E-state index in [1.54, 1.807) is 23.1 Å². The third-order valence-corrected chi connectivity index (χ3v) is 6.45. The lowest BCUT2D eigenvalue weighted by atomic mass is 10.2. The number of rotatable bonds is 7. The second kappa shape index (κ2) is 8.85. The minimum absolute atomic E-state index is 0.0956. The molecule has 0 aliphatic rings. The van der Waals surface area contributed by atoms with E-state index in [1.807, 2.05) is 42.5 Å². The van der Waals surface area contributed by atoms with Gasteiger partial charge in [0, 0.05) is 23.0 Å². The van der Waals surface area contributed by atoms with Crippen LogP contribution in [0.25, 0.3) is 10.2 Å². The predicted octanol–water partition coefficient (Wildman–Crippen LogP) is 5.31. The van der Waals surface area contributed by atoms with Gasteiger partial charge in [0.05, 0.1) is 16.0 Å². The summed E-state index contributed by atoms with van der Waals surface area (Å²) in [5.41, 5.74) is 1.75. The molecular weight excluding hydrogens is 460 g/mol. The minimum atomic E-state index is -0.0956. The van der Waals surface area contributed by atoms with Crippen molar-refractivity contribution in [2.75, 3.05) is 5.32 Å². The largest absolute Gasteiger partial charge is 0.339 e. The number of thioether (sulfide) groups is 1. The number of fused-ring (bicyclic) bond motifs is 1. The molecule has 2 aromatic carbocycles. The zero-order chi connectivity index (χ0) is 19.3. The van der Waals surface area contributed by atoms with Gasteiger partial charge in [0.2, 0.25) is 11.8 Å². The number of anilines is 1. The average Bonchev–Trinajstić information content (AvgIpc) is 3.31. The van der Waals surface area contributed by atoms with Gasteiger partial charge < -0.3 is 9.84 Å². The fourth-order valence-corrected chi connectivity index (χ4v) is 4.81. The van der Waals surface area contributed by atoms with Crippen molar-refractivity contribution in [1.29, 1.82) is 0 Å². The zero-order valence-corrected chi connectivity index (χ0v) is 17.8. The Bertz CT molecular complexity index is 1080. The standard InChI is InChI=1S/C19H15BrN4O2S2/c20-12-4-3-5-13(10-12)21-17(25)8-9-18-23-16(24-26-18)11-27-19-22-14-6-1-2-7-15(14)28-19/h1-7,10H,8-9,11H2,(H,21,25). The molecule has 2 heterocycles. The van der Waals surface area contributed by atoms with Crippen LogP contribution >= 0.6 is 39.0 Å². The number of benzene rings is 2. The molecule has 4 aromatic rings. The SMILES string of the molecule is O=C(CCc1nc(CSc2nc3ccccc3s2)no1)Nc1cccc(Br)c1. The normalized spacial score (nSPS) is 11.0. The summed E-state index contributed by atoms with van der Waals surface area (Å²) in [4.78, 5) is 21.0. The molecule has 0 saturated carbocycles. The summed E-state index contributed by atoms with van der Waals surface area (Å²) in [6.45, 7) is 0. The number of halogens is 1. The van der Waals surface area contributed by atoms with Gasteiger partial charge in [0.1, 0.15) is 0 Å². The molecule has 0 unspecified atom stereocenters. The Morgan fingerprint density at radius 2 is 2.07 bits per heavy atom. The van der Waals surface area contributed by atoms with Crippen LogP contribution in [0.5, 0.6) is 0 Å². The molecule has 28 heavy (non-hydrogen) atoms. The van der Waals surface area contributed by atoms with Crippen molar-refractivity contribution in [2.45, 2.75) is 22.9 Å². The Hall–Kier alpha value is -2.23. The van der Waals surface area contributed by atoms with E-state index < -0.39 is 0 Å². The van der Waals surface area contributed by atoms with Crippen LogP contribution in [0.1, 0.15) is 18.1 Å². The van der Waals surface area contributed by atoms with Crippen LogP contribution in [-0.2, 0) is 17.0 Å². The van der Waals surface area contributed by atoms with Crippen LogP contribution in [0, 0.1) is 0 Å². The highest BCUT2D eigenvalue weighted by molar-refractivity contribution is 9.10. The number of nitrogens with zero attached hydrogens (tertiary/aromatic N) is 3. The van der Waals surface area contributed by atoms with Crippen molar-refractivity contribution >= 4 is 60.8 Å². The van der Waals surface area contributed by atoms with Crippen molar-refractivity contribution in [1.82, 2.24) is 15.1 Å². The van der Waals surface area contributed by atoms with Gasteiger partial charge in [-0.2, -0.15) is 4.98 Å². The van der Waals surface area contributed by atoms with Crippen LogP contribution in [0.15, 0.2) is 61.9 Å². The van der Waals surface area contributed by atoms with E-state index in [4.69, 9.17) is 4.52 Å². The number of nitrogens with one attached hydrogen (secondary N) is 1. The molecule has 4 rings (SSSR count). The summed E-state index contributed by atoms with van der Waals surface area (Å²) >= 11 is 6.61. The van der Waals surface area contributed by atoms with Crippen LogP contribution in [0.4, 0.5) is 5.69 Å². The molecule has 6 nitrogen and oxygen atoms in total. The van der Waals surface area contributed by atoms with Crippen molar-refractivity contribution in [2.24, 2.45) is 0 Å². The molecule has 0 aliphatic carbocycles. The summed E-state index contributed by atoms with van der Waals surface area (Å²) in [6.07, 6.45) is 0.678. The molecule has 2 aromatic heterocycles. The molecule has 0 saturated heterocycles. The number of amides is 1. The van der Waals surface area contributed by atoms with Crippen LogP contribution in [0.2, 0.25) is 0 Å². The first kappa shape index (κ1) is 19.1. The number of aromatic nitrogens is 3. The lowest BCUT2D eigenvalue weighted by Gasteiger charge is -2.04. The van der Waals surface area contributed by atoms with E-state index >= 15 is 0 Å². The summed E-state index contributed by atoms with van der Waals surface area (Å²) in [5, 5.41) is 6.84. The molecule has 0 atom stereocenters. The Morgan fingerprint density at radius 3 is 2.93 bits per heavy atom. The number of para-hydroxylation sites is 1. The lowest BCUT2D eigenvalue weighted by molar-refractivity contribution is -0.116. The average molecular weight is 475 g/mol. The van der Waals surface area contributed by atoms with E-state index in [0.29, 0.717) is 23.9 Å². The third-order valence-electron chi connectivity index (χ3n) is 3.78. The van der Waals surface area contributed by atoms with Gasteiger partial charge in [-0.3, -0.25) is 4.79 Å². The third kappa shape index (κ3) is 4.98. The first-order chi connectivity index (χ1) is 13.7. The number of hydrogen-bond donors (Lipinski definition) is 1. The van der Waals surface area contributed by atoms with Gasteiger partial charge in [-0.25, -0.2) is 4.98 Å². The van der Waals surface area contributed by atoms with Gasteiger partial charge in [0.15, 0.2) is 10.2 Å². The highest BCUT2D eigenvalue weighted by Crippen LogP contribution is 2.30. The fourth-order valence-electron chi connectivity index (χ4n) is 2.50. The fraction of sp³-hybridized carbons (Fsp3) is 0.158. The van der Waals surface area contributed by atoms with E-state index in [0.717, 1.165) is 24.7 Å². The Labute approximate surface area is 177 Å². The molecule has 0 bridgehead atoms. The second-order valence-electron chi connectivity index (χ2n) is 5.90. The Balaban J connectivity index is 1.27. The van der Waals surface area contributed by atoms with Gasteiger partial charge in [-0.1, -0.05) is 51.0 Å².